The van der Waals surface area contributed by atoms with Gasteiger partial charge in [-0.25, -0.2) is 9.69 Å². The van der Waals surface area contributed by atoms with Crippen LogP contribution in [0.1, 0.15) is 17.0 Å². The summed E-state index contributed by atoms with van der Waals surface area (Å²) < 4.78 is 7.39. The molecule has 162 valence electrons. The number of nitrogens with zero attached hydrogens (tertiary/aromatic N) is 3. The van der Waals surface area contributed by atoms with Gasteiger partial charge < -0.3 is 9.30 Å². The second-order valence-electron chi connectivity index (χ2n) is 7.15. The highest BCUT2D eigenvalue weighted by atomic mass is 35.5. The van der Waals surface area contributed by atoms with Gasteiger partial charge in [0.2, 0.25) is 0 Å². The fourth-order valence-electron chi connectivity index (χ4n) is 3.68. The summed E-state index contributed by atoms with van der Waals surface area (Å²) in [4.78, 5) is 42.7. The Morgan fingerprint density at radius 3 is 2.59 bits per heavy atom. The molecule has 3 heterocycles. The molecule has 1 fully saturated rings. The largest absolute Gasteiger partial charge is 0.495 e. The Morgan fingerprint density at radius 1 is 1.12 bits per heavy atom. The molecule has 0 unspecified atom stereocenters. The van der Waals surface area contributed by atoms with Crippen molar-refractivity contribution in [2.75, 3.05) is 12.0 Å². The summed E-state index contributed by atoms with van der Waals surface area (Å²) in [5.41, 5.74) is 3.09. The molecule has 1 N–H and O–H groups in total. The Morgan fingerprint density at radius 2 is 1.91 bits per heavy atom. The van der Waals surface area contributed by atoms with Crippen molar-refractivity contribution in [3.05, 3.63) is 76.3 Å². The summed E-state index contributed by atoms with van der Waals surface area (Å²) in [7, 11) is 1.57. The molecule has 0 bridgehead atoms. The van der Waals surface area contributed by atoms with Crippen LogP contribution in [-0.4, -0.2) is 34.5 Å². The smallest absolute Gasteiger partial charge is 0.336 e. The van der Waals surface area contributed by atoms with Gasteiger partial charge in [-0.3, -0.25) is 19.9 Å². The van der Waals surface area contributed by atoms with Crippen molar-refractivity contribution in [2.45, 2.75) is 13.8 Å². The molecule has 1 aromatic carbocycles. The number of urea groups is 1. The fourth-order valence-corrected chi connectivity index (χ4v) is 3.84. The van der Waals surface area contributed by atoms with Crippen molar-refractivity contribution in [2.24, 2.45) is 0 Å². The predicted molar refractivity (Wildman–Crippen MR) is 120 cm³/mol. The number of nitrogens with one attached hydrogen (secondary N) is 1. The van der Waals surface area contributed by atoms with Crippen LogP contribution < -0.4 is 15.0 Å². The lowest BCUT2D eigenvalue weighted by Crippen LogP contribution is -2.54. The van der Waals surface area contributed by atoms with Gasteiger partial charge in [0, 0.05) is 22.6 Å². The molecule has 0 radical (unpaired) electrons. The molecule has 2 aromatic heterocycles. The van der Waals surface area contributed by atoms with Crippen LogP contribution in [0.4, 0.5) is 10.5 Å². The summed E-state index contributed by atoms with van der Waals surface area (Å²) in [6, 6.07) is 9.46. The lowest BCUT2D eigenvalue weighted by Gasteiger charge is -2.26. The number of barbiturate groups is 1. The molecule has 0 atom stereocenters. The minimum absolute atomic E-state index is 0.160. The highest BCUT2D eigenvalue weighted by Crippen LogP contribution is 2.32. The van der Waals surface area contributed by atoms with Crippen LogP contribution >= 0.6 is 11.6 Å². The van der Waals surface area contributed by atoms with Crippen LogP contribution in [0.25, 0.3) is 11.8 Å². The van der Waals surface area contributed by atoms with Crippen LogP contribution in [0, 0.1) is 13.8 Å². The summed E-state index contributed by atoms with van der Waals surface area (Å²) in [6.45, 7) is 3.75. The maximum atomic E-state index is 13.1. The lowest BCUT2D eigenvalue weighted by molar-refractivity contribution is -0.122. The summed E-state index contributed by atoms with van der Waals surface area (Å²) >= 11 is 6.20. The summed E-state index contributed by atoms with van der Waals surface area (Å²) in [5, 5.41) is 2.76. The average Bonchev–Trinajstić information content (AvgIpc) is 3.04. The highest BCUT2D eigenvalue weighted by Gasteiger charge is 2.37. The molecule has 32 heavy (non-hydrogen) atoms. The van der Waals surface area contributed by atoms with E-state index >= 15 is 0 Å². The quantitative estimate of drug-likeness (QED) is 0.481. The first-order valence-corrected chi connectivity index (χ1v) is 10.0. The number of pyridine rings is 1. The van der Waals surface area contributed by atoms with E-state index in [1.54, 1.807) is 37.4 Å². The zero-order valence-electron chi connectivity index (χ0n) is 17.5. The van der Waals surface area contributed by atoms with Crippen LogP contribution in [0.5, 0.6) is 5.75 Å². The van der Waals surface area contributed by atoms with E-state index < -0.39 is 17.8 Å². The first kappa shape index (κ1) is 21.3. The van der Waals surface area contributed by atoms with Gasteiger partial charge in [0.1, 0.15) is 11.3 Å². The maximum Gasteiger partial charge on any atom is 0.336 e. The number of hydrogen-bond acceptors (Lipinski definition) is 5. The van der Waals surface area contributed by atoms with Crippen LogP contribution in [0.3, 0.4) is 0 Å². The third-order valence-corrected chi connectivity index (χ3v) is 5.39. The molecule has 4 amide bonds. The standard InChI is InChI=1S/C23H19ClN4O4/c1-13-9-15(14(2)27(13)19-11-16(24)6-7-20(19)32-3)10-18-21(29)26-23(31)28(22(18)30)17-5-4-8-25-12-17/h4-12H,1-3H3,(H,26,29,31)/b18-10+. The third kappa shape index (κ3) is 3.65. The molecule has 1 aliphatic rings. The molecule has 9 heteroatoms. The molecule has 0 saturated carbocycles. The number of hydrogen-bond donors (Lipinski definition) is 1. The van der Waals surface area contributed by atoms with Gasteiger partial charge in [0.05, 0.1) is 24.7 Å². The number of ether oxygens (including phenoxy) is 1. The first-order valence-electron chi connectivity index (χ1n) is 9.66. The molecule has 0 spiro atoms. The van der Waals surface area contributed by atoms with Crippen molar-refractivity contribution < 1.29 is 19.1 Å². The van der Waals surface area contributed by atoms with E-state index in [9.17, 15) is 14.4 Å². The SMILES string of the molecule is COc1ccc(Cl)cc1-n1c(C)cc(/C=C2\C(=O)NC(=O)N(c3cccnc3)C2=O)c1C. The average molecular weight is 451 g/mol. The van der Waals surface area contributed by atoms with Crippen LogP contribution in [0.15, 0.2) is 54.4 Å². The molecule has 0 aliphatic carbocycles. The van der Waals surface area contributed by atoms with E-state index in [4.69, 9.17) is 16.3 Å². The minimum Gasteiger partial charge on any atom is -0.495 e. The van der Waals surface area contributed by atoms with Crippen molar-refractivity contribution >= 4 is 41.2 Å². The number of aryl methyl sites for hydroxylation is 1. The van der Waals surface area contributed by atoms with Crippen LogP contribution in [0.2, 0.25) is 5.02 Å². The van der Waals surface area contributed by atoms with E-state index in [2.05, 4.69) is 10.3 Å². The second-order valence-corrected chi connectivity index (χ2v) is 7.58. The second kappa shape index (κ2) is 8.32. The summed E-state index contributed by atoms with van der Waals surface area (Å²) in [6.07, 6.45) is 4.38. The molecule has 1 saturated heterocycles. The Bertz CT molecular complexity index is 1280. The van der Waals surface area contributed by atoms with Gasteiger partial charge in [-0.05, 0) is 61.9 Å². The molecule has 1 aliphatic heterocycles. The number of amides is 4. The lowest BCUT2D eigenvalue weighted by atomic mass is 10.1. The van der Waals surface area contributed by atoms with Gasteiger partial charge in [0.25, 0.3) is 11.8 Å². The zero-order chi connectivity index (χ0) is 23.0. The topological polar surface area (TPSA) is 93.5 Å². The maximum absolute atomic E-state index is 13.1. The van der Waals surface area contributed by atoms with E-state index in [0.29, 0.717) is 16.3 Å². The van der Waals surface area contributed by atoms with Gasteiger partial charge in [-0.2, -0.15) is 0 Å². The monoisotopic (exact) mass is 450 g/mol. The van der Waals surface area contributed by atoms with E-state index in [0.717, 1.165) is 22.0 Å². The fraction of sp³-hybridized carbons (Fsp3) is 0.130. The van der Waals surface area contributed by atoms with Gasteiger partial charge >= 0.3 is 6.03 Å². The Hall–Kier alpha value is -3.91. The number of anilines is 1. The van der Waals surface area contributed by atoms with E-state index in [-0.39, 0.29) is 11.3 Å². The normalized spacial score (nSPS) is 15.3. The van der Waals surface area contributed by atoms with Crippen molar-refractivity contribution in [3.63, 3.8) is 0 Å². The minimum atomic E-state index is -0.820. The van der Waals surface area contributed by atoms with E-state index in [1.807, 2.05) is 24.5 Å². The first-order chi connectivity index (χ1) is 15.3. The number of carbonyl (C=O) groups is 3. The predicted octanol–water partition coefficient (Wildman–Crippen LogP) is 3.82. The van der Waals surface area contributed by atoms with Crippen molar-refractivity contribution in [1.82, 2.24) is 14.9 Å². The number of methoxy groups -OCH3 is 1. The van der Waals surface area contributed by atoms with Gasteiger partial charge in [-0.1, -0.05) is 11.6 Å². The Labute approximate surface area is 189 Å². The third-order valence-electron chi connectivity index (χ3n) is 5.16. The number of imide groups is 2. The summed E-state index contributed by atoms with van der Waals surface area (Å²) in [5.74, 6) is -0.864. The number of halogens is 1. The number of rotatable bonds is 4. The molecular weight excluding hydrogens is 432 g/mol. The molecule has 3 aromatic rings. The Balaban J connectivity index is 1.80. The van der Waals surface area contributed by atoms with Crippen molar-refractivity contribution in [1.29, 1.82) is 0 Å². The zero-order valence-corrected chi connectivity index (χ0v) is 18.3. The Kier molecular flexibility index (Phi) is 5.54. The van der Waals surface area contributed by atoms with Gasteiger partial charge in [0.15, 0.2) is 0 Å². The molecule has 8 nitrogen and oxygen atoms in total. The number of aromatic nitrogens is 2. The van der Waals surface area contributed by atoms with Crippen LogP contribution in [-0.2, 0) is 9.59 Å². The molecule has 4 rings (SSSR count). The van der Waals surface area contributed by atoms with E-state index in [1.165, 1.54) is 18.5 Å². The molecular formula is C23H19ClN4O4. The van der Waals surface area contributed by atoms with Gasteiger partial charge in [-0.15, -0.1) is 0 Å². The number of carbonyl (C=O) groups excluding carboxylic acids is 3. The number of benzene rings is 1. The van der Waals surface area contributed by atoms with Crippen molar-refractivity contribution in [3.8, 4) is 11.4 Å². The highest BCUT2D eigenvalue weighted by molar-refractivity contribution is 6.39.